The Bertz CT molecular complexity index is 269. The summed E-state index contributed by atoms with van der Waals surface area (Å²) in [5.74, 6) is 0.0469. The number of carbonyl (C=O) groups is 1. The zero-order chi connectivity index (χ0) is 9.53. The third-order valence-electron chi connectivity index (χ3n) is 3.74. The van der Waals surface area contributed by atoms with E-state index < -0.39 is 5.60 Å². The molecule has 0 unspecified atom stereocenters. The fraction of sp³-hybridized carbons (Fsp3) is 0.727. The summed E-state index contributed by atoms with van der Waals surface area (Å²) in [5.41, 5.74) is -1.25. The number of Topliss-reactive ketones (excluding diaryl/α,β-unsaturated/α-hetero) is 1. The van der Waals surface area contributed by atoms with Gasteiger partial charge in [0, 0.05) is 18.3 Å². The van der Waals surface area contributed by atoms with Gasteiger partial charge in [-0.15, -0.1) is 0 Å². The van der Waals surface area contributed by atoms with Gasteiger partial charge in [0.05, 0.1) is 0 Å². The molecule has 13 heavy (non-hydrogen) atoms. The van der Waals surface area contributed by atoms with E-state index in [2.05, 4.69) is 6.08 Å². The van der Waals surface area contributed by atoms with Crippen LogP contribution >= 0.6 is 0 Å². The van der Waals surface area contributed by atoms with Gasteiger partial charge in [0.15, 0.2) is 5.78 Å². The predicted molar refractivity (Wildman–Crippen MR) is 50.3 cm³/mol. The van der Waals surface area contributed by atoms with Gasteiger partial charge >= 0.3 is 0 Å². The monoisotopic (exact) mass is 180 g/mol. The Morgan fingerprint density at radius 3 is 2.77 bits per heavy atom. The summed E-state index contributed by atoms with van der Waals surface area (Å²) in [5, 5.41) is 10.3. The van der Waals surface area contributed by atoms with Crippen molar-refractivity contribution in [3.05, 3.63) is 12.2 Å². The molecule has 0 aromatic heterocycles. The minimum atomic E-state index is -1.06. The van der Waals surface area contributed by atoms with Crippen molar-refractivity contribution >= 4 is 5.78 Å². The normalized spacial score (nSPS) is 44.6. The fourth-order valence-corrected chi connectivity index (χ4v) is 2.62. The molecule has 2 nitrogen and oxygen atoms in total. The molecule has 2 atom stereocenters. The van der Waals surface area contributed by atoms with Crippen molar-refractivity contribution in [2.75, 3.05) is 0 Å². The van der Waals surface area contributed by atoms with Crippen LogP contribution in [0.25, 0.3) is 0 Å². The van der Waals surface area contributed by atoms with Gasteiger partial charge in [-0.2, -0.15) is 0 Å². The van der Waals surface area contributed by atoms with Crippen LogP contribution in [0.5, 0.6) is 0 Å². The van der Waals surface area contributed by atoms with Crippen LogP contribution < -0.4 is 0 Å². The van der Waals surface area contributed by atoms with Gasteiger partial charge in [-0.25, -0.2) is 0 Å². The van der Waals surface area contributed by atoms with Gasteiger partial charge in [0.2, 0.25) is 0 Å². The number of fused-ring (bicyclic) bond motifs is 1. The van der Waals surface area contributed by atoms with E-state index in [-0.39, 0.29) is 11.2 Å². The highest BCUT2D eigenvalue weighted by Gasteiger charge is 2.53. The average Bonchev–Trinajstić information content (AvgIpc) is 2.09. The van der Waals surface area contributed by atoms with Gasteiger partial charge in [-0.1, -0.05) is 19.1 Å². The number of ketones is 1. The minimum absolute atomic E-state index is 0.0469. The maximum Gasteiger partial charge on any atom is 0.165 e. The van der Waals surface area contributed by atoms with E-state index >= 15 is 0 Å². The van der Waals surface area contributed by atoms with E-state index in [0.29, 0.717) is 12.8 Å². The molecule has 0 heterocycles. The fourth-order valence-electron chi connectivity index (χ4n) is 2.62. The number of aliphatic hydroxyl groups is 1. The summed E-state index contributed by atoms with van der Waals surface area (Å²) in [4.78, 5) is 11.7. The first-order chi connectivity index (χ1) is 6.08. The Kier molecular flexibility index (Phi) is 1.84. The standard InChI is InChI=1S/C11H16O2/c1-10-6-2-3-8-11(10,13)9(12)5-4-7-10/h2-3,13H,4-8H2,1H3/t10-,11-/m0/s1. The second kappa shape index (κ2) is 2.68. The summed E-state index contributed by atoms with van der Waals surface area (Å²) in [6.07, 6.45) is 7.85. The van der Waals surface area contributed by atoms with Gasteiger partial charge < -0.3 is 5.11 Å². The molecule has 2 heteroatoms. The number of allylic oxidation sites excluding steroid dienone is 1. The molecule has 0 radical (unpaired) electrons. The Labute approximate surface area is 78.6 Å². The van der Waals surface area contributed by atoms with E-state index in [4.69, 9.17) is 0 Å². The molecule has 2 rings (SSSR count). The van der Waals surface area contributed by atoms with Gasteiger partial charge in [0.1, 0.15) is 5.60 Å². The zero-order valence-corrected chi connectivity index (χ0v) is 8.05. The first kappa shape index (κ1) is 8.95. The van der Waals surface area contributed by atoms with Crippen molar-refractivity contribution in [2.45, 2.75) is 44.6 Å². The topological polar surface area (TPSA) is 37.3 Å². The summed E-state index contributed by atoms with van der Waals surface area (Å²) in [6.45, 7) is 2.04. The largest absolute Gasteiger partial charge is 0.381 e. The molecule has 1 N–H and O–H groups in total. The zero-order valence-electron chi connectivity index (χ0n) is 8.05. The second-order valence-corrected chi connectivity index (χ2v) is 4.58. The number of rotatable bonds is 0. The molecule has 0 aliphatic heterocycles. The minimum Gasteiger partial charge on any atom is -0.381 e. The lowest BCUT2D eigenvalue weighted by atomic mass is 9.59. The van der Waals surface area contributed by atoms with Crippen LogP contribution in [0, 0.1) is 5.41 Å². The quantitative estimate of drug-likeness (QED) is 0.577. The lowest BCUT2D eigenvalue weighted by Gasteiger charge is -2.48. The summed E-state index contributed by atoms with van der Waals surface area (Å²) in [6, 6.07) is 0. The number of hydrogen-bond donors (Lipinski definition) is 1. The van der Waals surface area contributed by atoms with Crippen LogP contribution in [-0.2, 0) is 4.79 Å². The molecule has 2 aliphatic carbocycles. The molecule has 0 bridgehead atoms. The Morgan fingerprint density at radius 1 is 1.38 bits per heavy atom. The van der Waals surface area contributed by atoms with Crippen LogP contribution in [0.15, 0.2) is 12.2 Å². The van der Waals surface area contributed by atoms with Crippen LogP contribution in [0.1, 0.15) is 39.0 Å². The van der Waals surface area contributed by atoms with Gasteiger partial charge in [0.25, 0.3) is 0 Å². The van der Waals surface area contributed by atoms with Crippen molar-refractivity contribution in [3.63, 3.8) is 0 Å². The third-order valence-corrected chi connectivity index (χ3v) is 3.74. The lowest BCUT2D eigenvalue weighted by Crippen LogP contribution is -2.56. The average molecular weight is 180 g/mol. The summed E-state index contributed by atoms with van der Waals surface area (Å²) >= 11 is 0. The molecule has 0 spiro atoms. The molecule has 2 aliphatic rings. The first-order valence-corrected chi connectivity index (χ1v) is 4.99. The third kappa shape index (κ3) is 1.08. The molecule has 1 fully saturated rings. The van der Waals surface area contributed by atoms with Gasteiger partial charge in [-0.05, 0) is 19.3 Å². The highest BCUT2D eigenvalue weighted by atomic mass is 16.3. The molecule has 0 saturated heterocycles. The van der Waals surface area contributed by atoms with E-state index in [9.17, 15) is 9.90 Å². The first-order valence-electron chi connectivity index (χ1n) is 4.99. The van der Waals surface area contributed by atoms with Gasteiger partial charge in [-0.3, -0.25) is 4.79 Å². The Hall–Kier alpha value is -0.630. The molecule has 0 aromatic rings. The summed E-state index contributed by atoms with van der Waals surface area (Å²) < 4.78 is 0. The Morgan fingerprint density at radius 2 is 2.08 bits per heavy atom. The molecule has 72 valence electrons. The van der Waals surface area contributed by atoms with E-state index in [1.807, 2.05) is 13.0 Å². The Balaban J connectivity index is 2.40. The van der Waals surface area contributed by atoms with Crippen molar-refractivity contribution in [3.8, 4) is 0 Å². The number of carbonyl (C=O) groups excluding carboxylic acids is 1. The van der Waals surface area contributed by atoms with Crippen LogP contribution in [0.2, 0.25) is 0 Å². The molecule has 1 saturated carbocycles. The SMILES string of the molecule is C[C@@]12CC=CC[C@]1(O)C(=O)CCC2. The van der Waals surface area contributed by atoms with Crippen molar-refractivity contribution in [2.24, 2.45) is 5.41 Å². The second-order valence-electron chi connectivity index (χ2n) is 4.58. The van der Waals surface area contributed by atoms with Crippen molar-refractivity contribution in [1.82, 2.24) is 0 Å². The maximum atomic E-state index is 11.7. The van der Waals surface area contributed by atoms with E-state index in [1.54, 1.807) is 0 Å². The predicted octanol–water partition coefficient (Wildman–Crippen LogP) is 1.83. The summed E-state index contributed by atoms with van der Waals surface area (Å²) in [7, 11) is 0. The highest BCUT2D eigenvalue weighted by Crippen LogP contribution is 2.49. The molecular weight excluding hydrogens is 164 g/mol. The van der Waals surface area contributed by atoms with Crippen LogP contribution in [0.4, 0.5) is 0 Å². The van der Waals surface area contributed by atoms with Crippen molar-refractivity contribution < 1.29 is 9.90 Å². The molecular formula is C11H16O2. The van der Waals surface area contributed by atoms with E-state index in [1.165, 1.54) is 0 Å². The lowest BCUT2D eigenvalue weighted by molar-refractivity contribution is -0.160. The van der Waals surface area contributed by atoms with Crippen LogP contribution in [-0.4, -0.2) is 16.5 Å². The highest BCUT2D eigenvalue weighted by molar-refractivity contribution is 5.89. The maximum absolute atomic E-state index is 11.7. The smallest absolute Gasteiger partial charge is 0.165 e. The van der Waals surface area contributed by atoms with Crippen LogP contribution in [0.3, 0.4) is 0 Å². The molecule has 0 aromatic carbocycles. The van der Waals surface area contributed by atoms with Crippen molar-refractivity contribution in [1.29, 1.82) is 0 Å². The number of hydrogen-bond acceptors (Lipinski definition) is 2. The molecule has 0 amide bonds. The van der Waals surface area contributed by atoms with E-state index in [0.717, 1.165) is 19.3 Å².